The first-order valence-electron chi connectivity index (χ1n) is 7.46. The van der Waals surface area contributed by atoms with E-state index >= 15 is 0 Å². The van der Waals surface area contributed by atoms with Gasteiger partial charge in [0, 0.05) is 5.92 Å². The van der Waals surface area contributed by atoms with Gasteiger partial charge in [0.2, 0.25) is 0 Å². The van der Waals surface area contributed by atoms with Crippen molar-refractivity contribution >= 4 is 6.29 Å². The molecule has 19 heavy (non-hydrogen) atoms. The molecule has 0 saturated heterocycles. The molecule has 0 radical (unpaired) electrons. The summed E-state index contributed by atoms with van der Waals surface area (Å²) in [5, 5.41) is 0. The third-order valence-electron chi connectivity index (χ3n) is 3.38. The first-order chi connectivity index (χ1) is 9.27. The molecule has 0 aliphatic heterocycles. The lowest BCUT2D eigenvalue weighted by Crippen LogP contribution is -1.98. The highest BCUT2D eigenvalue weighted by molar-refractivity contribution is 5.61. The minimum atomic E-state index is -0.0346. The Bertz CT molecular complexity index is 343. The highest BCUT2D eigenvalue weighted by atomic mass is 16.5. The Morgan fingerprint density at radius 3 is 2.32 bits per heavy atom. The maximum Gasteiger partial charge on any atom is 0.127 e. The van der Waals surface area contributed by atoms with Gasteiger partial charge in [0.15, 0.2) is 0 Å². The number of carbonyl (C=O) groups is 1. The lowest BCUT2D eigenvalue weighted by Gasteiger charge is -2.08. The van der Waals surface area contributed by atoms with Crippen molar-refractivity contribution in [3.63, 3.8) is 0 Å². The number of carbonyl (C=O) groups excluding carboxylic acids is 1. The molecule has 0 amide bonds. The van der Waals surface area contributed by atoms with Gasteiger partial charge in [-0.2, -0.15) is 0 Å². The normalized spacial score (nSPS) is 12.1. The van der Waals surface area contributed by atoms with Crippen molar-refractivity contribution in [2.24, 2.45) is 0 Å². The van der Waals surface area contributed by atoms with Gasteiger partial charge in [0.25, 0.3) is 0 Å². The summed E-state index contributed by atoms with van der Waals surface area (Å²) >= 11 is 0. The maximum atomic E-state index is 10.7. The fraction of sp³-hybridized carbons (Fsp3) is 0.588. The van der Waals surface area contributed by atoms with Gasteiger partial charge in [0.05, 0.1) is 6.61 Å². The van der Waals surface area contributed by atoms with E-state index in [1.165, 1.54) is 32.1 Å². The number of hydrogen-bond acceptors (Lipinski definition) is 2. The van der Waals surface area contributed by atoms with E-state index < -0.39 is 0 Å². The molecule has 1 rings (SSSR count). The summed E-state index contributed by atoms with van der Waals surface area (Å²) in [5.41, 5.74) is 1.04. The Morgan fingerprint density at radius 2 is 1.68 bits per heavy atom. The quantitative estimate of drug-likeness (QED) is 0.450. The zero-order chi connectivity index (χ0) is 13.9. The molecule has 2 nitrogen and oxygen atoms in total. The van der Waals surface area contributed by atoms with Crippen LogP contribution in [0.1, 0.15) is 63.9 Å². The van der Waals surface area contributed by atoms with E-state index in [-0.39, 0.29) is 5.92 Å². The molecule has 1 unspecified atom stereocenters. The maximum absolute atomic E-state index is 10.7. The van der Waals surface area contributed by atoms with E-state index in [4.69, 9.17) is 4.74 Å². The zero-order valence-electron chi connectivity index (χ0n) is 12.2. The molecule has 1 aromatic carbocycles. The van der Waals surface area contributed by atoms with E-state index in [1.54, 1.807) is 0 Å². The summed E-state index contributed by atoms with van der Waals surface area (Å²) in [6.07, 6.45) is 8.63. The van der Waals surface area contributed by atoms with Crippen LogP contribution < -0.4 is 4.74 Å². The van der Waals surface area contributed by atoms with Crippen LogP contribution in [0.4, 0.5) is 0 Å². The Labute approximate surface area is 117 Å². The van der Waals surface area contributed by atoms with Gasteiger partial charge in [-0.25, -0.2) is 0 Å². The van der Waals surface area contributed by atoms with Crippen LogP contribution in [0.2, 0.25) is 0 Å². The van der Waals surface area contributed by atoms with Crippen LogP contribution in [-0.2, 0) is 4.79 Å². The molecular formula is C17H26O2. The smallest absolute Gasteiger partial charge is 0.127 e. The zero-order valence-corrected chi connectivity index (χ0v) is 12.2. The van der Waals surface area contributed by atoms with Gasteiger partial charge in [-0.15, -0.1) is 0 Å². The summed E-state index contributed by atoms with van der Waals surface area (Å²) in [7, 11) is 0. The minimum Gasteiger partial charge on any atom is -0.494 e. The van der Waals surface area contributed by atoms with Gasteiger partial charge in [-0.05, 0) is 24.1 Å². The van der Waals surface area contributed by atoms with Crippen LogP contribution >= 0.6 is 0 Å². The van der Waals surface area contributed by atoms with E-state index in [0.29, 0.717) is 0 Å². The van der Waals surface area contributed by atoms with Crippen LogP contribution in [0.25, 0.3) is 0 Å². The molecule has 0 aliphatic rings. The molecule has 0 heterocycles. The molecule has 0 saturated carbocycles. The van der Waals surface area contributed by atoms with Crippen molar-refractivity contribution in [2.45, 2.75) is 58.3 Å². The second-order valence-electron chi connectivity index (χ2n) is 5.11. The molecule has 1 aromatic rings. The van der Waals surface area contributed by atoms with Crippen LogP contribution in [0.3, 0.4) is 0 Å². The van der Waals surface area contributed by atoms with Crippen LogP contribution in [0, 0.1) is 0 Å². The third-order valence-corrected chi connectivity index (χ3v) is 3.38. The molecule has 0 fully saturated rings. The standard InChI is InChI=1S/C17H26O2/c1-3-4-5-6-7-8-13-19-17-11-9-16(10-12-17)15(2)14-18/h9-12,14-15H,3-8,13H2,1-2H3. The third kappa shape index (κ3) is 6.42. The predicted octanol–water partition coefficient (Wildman–Crippen LogP) is 4.73. The molecule has 1 atom stereocenters. The van der Waals surface area contributed by atoms with Crippen molar-refractivity contribution in [1.82, 2.24) is 0 Å². The topological polar surface area (TPSA) is 26.3 Å². The Hall–Kier alpha value is -1.31. The van der Waals surface area contributed by atoms with E-state index in [1.807, 2.05) is 31.2 Å². The van der Waals surface area contributed by atoms with Crippen molar-refractivity contribution in [1.29, 1.82) is 0 Å². The Morgan fingerprint density at radius 1 is 1.05 bits per heavy atom. The van der Waals surface area contributed by atoms with Gasteiger partial charge in [-0.3, -0.25) is 0 Å². The summed E-state index contributed by atoms with van der Waals surface area (Å²) in [6, 6.07) is 7.84. The predicted molar refractivity (Wildman–Crippen MR) is 79.8 cm³/mol. The Kier molecular flexibility index (Phi) is 7.95. The second-order valence-corrected chi connectivity index (χ2v) is 5.11. The highest BCUT2D eigenvalue weighted by Crippen LogP contribution is 2.18. The van der Waals surface area contributed by atoms with Gasteiger partial charge < -0.3 is 9.53 Å². The second kappa shape index (κ2) is 9.60. The van der Waals surface area contributed by atoms with E-state index in [9.17, 15) is 4.79 Å². The summed E-state index contributed by atoms with van der Waals surface area (Å²) in [4.78, 5) is 10.7. The Balaban J connectivity index is 2.17. The van der Waals surface area contributed by atoms with Gasteiger partial charge in [0.1, 0.15) is 12.0 Å². The number of ether oxygens (including phenoxy) is 1. The molecule has 0 aliphatic carbocycles. The van der Waals surface area contributed by atoms with Crippen LogP contribution in [-0.4, -0.2) is 12.9 Å². The number of hydrogen-bond donors (Lipinski definition) is 0. The van der Waals surface area contributed by atoms with Crippen molar-refractivity contribution in [3.05, 3.63) is 29.8 Å². The van der Waals surface area contributed by atoms with E-state index in [2.05, 4.69) is 6.92 Å². The van der Waals surface area contributed by atoms with Gasteiger partial charge >= 0.3 is 0 Å². The molecule has 2 heteroatoms. The fourth-order valence-corrected chi connectivity index (χ4v) is 2.02. The molecule has 0 aromatic heterocycles. The first-order valence-corrected chi connectivity index (χ1v) is 7.46. The summed E-state index contributed by atoms with van der Waals surface area (Å²) in [5.74, 6) is 0.864. The summed E-state index contributed by atoms with van der Waals surface area (Å²) < 4.78 is 5.69. The number of unbranched alkanes of at least 4 members (excludes halogenated alkanes) is 5. The molecule has 0 bridgehead atoms. The lowest BCUT2D eigenvalue weighted by atomic mass is 10.0. The summed E-state index contributed by atoms with van der Waals surface area (Å²) in [6.45, 7) is 4.92. The van der Waals surface area contributed by atoms with Gasteiger partial charge in [-0.1, -0.05) is 58.1 Å². The number of aldehydes is 1. The minimum absolute atomic E-state index is 0.0346. The van der Waals surface area contributed by atoms with Crippen LogP contribution in [0.15, 0.2) is 24.3 Å². The molecule has 106 valence electrons. The van der Waals surface area contributed by atoms with E-state index in [0.717, 1.165) is 30.6 Å². The number of rotatable bonds is 10. The molecule has 0 spiro atoms. The van der Waals surface area contributed by atoms with Crippen molar-refractivity contribution < 1.29 is 9.53 Å². The first kappa shape index (κ1) is 15.7. The average molecular weight is 262 g/mol. The largest absolute Gasteiger partial charge is 0.494 e. The lowest BCUT2D eigenvalue weighted by molar-refractivity contribution is -0.108. The average Bonchev–Trinajstić information content (AvgIpc) is 2.46. The monoisotopic (exact) mass is 262 g/mol. The number of benzene rings is 1. The van der Waals surface area contributed by atoms with Crippen molar-refractivity contribution in [3.8, 4) is 5.75 Å². The van der Waals surface area contributed by atoms with Crippen LogP contribution in [0.5, 0.6) is 5.75 Å². The fourth-order valence-electron chi connectivity index (χ4n) is 2.02. The SMILES string of the molecule is CCCCCCCCOc1ccc(C(C)C=O)cc1. The highest BCUT2D eigenvalue weighted by Gasteiger charge is 2.03. The van der Waals surface area contributed by atoms with Crippen molar-refractivity contribution in [2.75, 3.05) is 6.61 Å². The molecule has 0 N–H and O–H groups in total. The molecular weight excluding hydrogens is 236 g/mol.